The molecule has 0 aliphatic carbocycles. The lowest BCUT2D eigenvalue weighted by molar-refractivity contribution is 0.0151. The van der Waals surface area contributed by atoms with E-state index in [9.17, 15) is 5.11 Å². The summed E-state index contributed by atoms with van der Waals surface area (Å²) in [5.41, 5.74) is 3.15. The van der Waals surface area contributed by atoms with Gasteiger partial charge in [0.15, 0.2) is 0 Å². The van der Waals surface area contributed by atoms with E-state index in [1.54, 1.807) is 11.0 Å². The molecule has 4 nitrogen and oxygen atoms in total. The van der Waals surface area contributed by atoms with Crippen LogP contribution in [0.15, 0.2) is 97.6 Å². The molecule has 0 bridgehead atoms. The highest BCUT2D eigenvalue weighted by atomic mass is 16.3. The molecule has 0 spiro atoms. The van der Waals surface area contributed by atoms with Crippen LogP contribution in [0.3, 0.4) is 0 Å². The van der Waals surface area contributed by atoms with Crippen molar-refractivity contribution in [2.24, 2.45) is 0 Å². The SMILES string of the molecule is OC(Cc1ccccc1)(Cn1cncn1)c1ccc(-c2ccccc2)cc1. The molecule has 1 heterocycles. The topological polar surface area (TPSA) is 50.9 Å². The van der Waals surface area contributed by atoms with E-state index < -0.39 is 5.60 Å². The molecular weight excluding hydrogens is 334 g/mol. The summed E-state index contributed by atoms with van der Waals surface area (Å²) in [4.78, 5) is 4.00. The van der Waals surface area contributed by atoms with Crippen LogP contribution >= 0.6 is 0 Å². The first-order valence-electron chi connectivity index (χ1n) is 8.98. The largest absolute Gasteiger partial charge is 0.383 e. The second kappa shape index (κ2) is 7.56. The van der Waals surface area contributed by atoms with Crippen LogP contribution in [0.2, 0.25) is 0 Å². The van der Waals surface area contributed by atoms with Crippen LogP contribution in [0.1, 0.15) is 11.1 Å². The van der Waals surface area contributed by atoms with E-state index in [4.69, 9.17) is 0 Å². The van der Waals surface area contributed by atoms with Crippen LogP contribution in [0, 0.1) is 0 Å². The van der Waals surface area contributed by atoms with Gasteiger partial charge in [-0.1, -0.05) is 84.9 Å². The molecule has 4 heteroatoms. The van der Waals surface area contributed by atoms with Crippen molar-refractivity contribution in [1.82, 2.24) is 14.8 Å². The van der Waals surface area contributed by atoms with Crippen LogP contribution in [0.25, 0.3) is 11.1 Å². The van der Waals surface area contributed by atoms with Gasteiger partial charge in [-0.2, -0.15) is 5.10 Å². The van der Waals surface area contributed by atoms with Gasteiger partial charge in [0, 0.05) is 6.42 Å². The van der Waals surface area contributed by atoms with Gasteiger partial charge in [-0.25, -0.2) is 9.67 Å². The predicted octanol–water partition coefficient (Wildman–Crippen LogP) is 4.08. The summed E-state index contributed by atoms with van der Waals surface area (Å²) in [6.45, 7) is 0.340. The van der Waals surface area contributed by atoms with Gasteiger partial charge in [-0.3, -0.25) is 0 Å². The summed E-state index contributed by atoms with van der Waals surface area (Å²) in [5.74, 6) is 0. The van der Waals surface area contributed by atoms with E-state index in [-0.39, 0.29) is 0 Å². The summed E-state index contributed by atoms with van der Waals surface area (Å²) in [7, 11) is 0. The second-order valence-electron chi connectivity index (χ2n) is 6.73. The lowest BCUT2D eigenvalue weighted by atomic mass is 9.86. The highest BCUT2D eigenvalue weighted by molar-refractivity contribution is 5.63. The van der Waals surface area contributed by atoms with Gasteiger partial charge in [0.2, 0.25) is 0 Å². The van der Waals surface area contributed by atoms with Gasteiger partial charge < -0.3 is 5.11 Å². The molecule has 27 heavy (non-hydrogen) atoms. The number of rotatable bonds is 6. The summed E-state index contributed by atoms with van der Waals surface area (Å²) >= 11 is 0. The molecule has 3 aromatic carbocycles. The molecule has 4 rings (SSSR count). The van der Waals surface area contributed by atoms with E-state index in [1.807, 2.05) is 60.7 Å². The van der Waals surface area contributed by atoms with E-state index in [0.717, 1.165) is 22.3 Å². The van der Waals surface area contributed by atoms with Crippen molar-refractivity contribution in [3.8, 4) is 11.1 Å². The molecule has 0 fully saturated rings. The lowest BCUT2D eigenvalue weighted by Gasteiger charge is -2.29. The zero-order valence-corrected chi connectivity index (χ0v) is 14.9. The van der Waals surface area contributed by atoms with E-state index in [2.05, 4.69) is 34.3 Å². The maximum atomic E-state index is 11.6. The maximum absolute atomic E-state index is 11.6. The van der Waals surface area contributed by atoms with Gasteiger partial charge in [0.1, 0.15) is 18.3 Å². The first kappa shape index (κ1) is 17.2. The summed E-state index contributed by atoms with van der Waals surface area (Å²) in [6, 6.07) is 28.4. The Balaban J connectivity index is 1.67. The Morgan fingerprint density at radius 1 is 0.778 bits per heavy atom. The van der Waals surface area contributed by atoms with Gasteiger partial charge in [0.25, 0.3) is 0 Å². The van der Waals surface area contributed by atoms with Gasteiger partial charge in [-0.15, -0.1) is 0 Å². The summed E-state index contributed by atoms with van der Waals surface area (Å²) in [5, 5.41) is 15.8. The standard InChI is InChI=1S/C23H21N3O/c27-23(16-26-18-24-17-25-26,15-19-7-3-1-4-8-19)22-13-11-21(12-14-22)20-9-5-2-6-10-20/h1-14,17-18,27H,15-16H2. The Labute approximate surface area is 158 Å². The minimum absolute atomic E-state index is 0.340. The zero-order valence-electron chi connectivity index (χ0n) is 14.9. The third-order valence-corrected chi connectivity index (χ3v) is 4.76. The van der Waals surface area contributed by atoms with E-state index in [0.29, 0.717) is 13.0 Å². The second-order valence-corrected chi connectivity index (χ2v) is 6.73. The summed E-state index contributed by atoms with van der Waals surface area (Å²) < 4.78 is 1.67. The number of benzene rings is 3. The van der Waals surface area contributed by atoms with Crippen LogP contribution in [0.4, 0.5) is 0 Å². The molecule has 134 valence electrons. The van der Waals surface area contributed by atoms with Crippen LogP contribution < -0.4 is 0 Å². The Bertz CT molecular complexity index is 967. The number of nitrogens with zero attached hydrogens (tertiary/aromatic N) is 3. The van der Waals surface area contributed by atoms with Gasteiger partial charge in [-0.05, 0) is 22.3 Å². The third kappa shape index (κ3) is 3.96. The fourth-order valence-electron chi connectivity index (χ4n) is 3.37. The van der Waals surface area contributed by atoms with Crippen molar-refractivity contribution in [3.05, 3.63) is 109 Å². The minimum atomic E-state index is -1.08. The summed E-state index contributed by atoms with van der Waals surface area (Å²) in [6.07, 6.45) is 3.62. The molecule has 1 N–H and O–H groups in total. The number of hydrogen-bond donors (Lipinski definition) is 1. The van der Waals surface area contributed by atoms with Crippen molar-refractivity contribution in [3.63, 3.8) is 0 Å². The fraction of sp³-hybridized carbons (Fsp3) is 0.130. The van der Waals surface area contributed by atoms with Crippen LogP contribution in [-0.2, 0) is 18.6 Å². The Kier molecular flexibility index (Phi) is 4.81. The molecule has 0 aliphatic rings. The maximum Gasteiger partial charge on any atom is 0.137 e. The minimum Gasteiger partial charge on any atom is -0.383 e. The van der Waals surface area contributed by atoms with Crippen molar-refractivity contribution in [1.29, 1.82) is 0 Å². The third-order valence-electron chi connectivity index (χ3n) is 4.76. The molecule has 1 unspecified atom stereocenters. The first-order valence-corrected chi connectivity index (χ1v) is 8.98. The molecule has 1 atom stereocenters. The molecule has 0 saturated carbocycles. The number of aliphatic hydroxyl groups is 1. The Morgan fingerprint density at radius 2 is 1.41 bits per heavy atom. The van der Waals surface area contributed by atoms with Crippen molar-refractivity contribution in [2.75, 3.05) is 0 Å². The van der Waals surface area contributed by atoms with Gasteiger partial charge in [0.05, 0.1) is 6.54 Å². The van der Waals surface area contributed by atoms with Gasteiger partial charge >= 0.3 is 0 Å². The van der Waals surface area contributed by atoms with E-state index in [1.165, 1.54) is 6.33 Å². The van der Waals surface area contributed by atoms with Crippen LogP contribution in [0.5, 0.6) is 0 Å². The number of aromatic nitrogens is 3. The van der Waals surface area contributed by atoms with Crippen LogP contribution in [-0.4, -0.2) is 19.9 Å². The zero-order chi connectivity index (χ0) is 18.5. The molecule has 0 aliphatic heterocycles. The highest BCUT2D eigenvalue weighted by Crippen LogP contribution is 2.30. The smallest absolute Gasteiger partial charge is 0.137 e. The molecule has 0 radical (unpaired) electrons. The van der Waals surface area contributed by atoms with E-state index >= 15 is 0 Å². The first-order chi connectivity index (χ1) is 13.2. The van der Waals surface area contributed by atoms with Crippen molar-refractivity contribution >= 4 is 0 Å². The normalized spacial score (nSPS) is 13.2. The predicted molar refractivity (Wildman–Crippen MR) is 106 cm³/mol. The Hall–Kier alpha value is -3.24. The molecule has 4 aromatic rings. The van der Waals surface area contributed by atoms with Crippen molar-refractivity contribution < 1.29 is 5.11 Å². The molecule has 0 saturated heterocycles. The number of hydrogen-bond acceptors (Lipinski definition) is 3. The molecule has 0 amide bonds. The quantitative estimate of drug-likeness (QED) is 0.567. The fourth-order valence-corrected chi connectivity index (χ4v) is 3.37. The molecule has 1 aromatic heterocycles. The average Bonchev–Trinajstić information content (AvgIpc) is 3.22. The average molecular weight is 355 g/mol. The highest BCUT2D eigenvalue weighted by Gasteiger charge is 2.30. The monoisotopic (exact) mass is 355 g/mol. The molecular formula is C23H21N3O. The lowest BCUT2D eigenvalue weighted by Crippen LogP contribution is -2.34. The van der Waals surface area contributed by atoms with Crippen molar-refractivity contribution in [2.45, 2.75) is 18.6 Å². The Morgan fingerprint density at radius 3 is 2.04 bits per heavy atom.